The molecule has 0 spiro atoms. The average molecular weight is 294 g/mol. The zero-order chi connectivity index (χ0) is 14.0. The van der Waals surface area contributed by atoms with Gasteiger partial charge in [0.05, 0.1) is 5.92 Å². The van der Waals surface area contributed by atoms with Crippen molar-refractivity contribution in [1.29, 1.82) is 0 Å². The van der Waals surface area contributed by atoms with E-state index in [-0.39, 0.29) is 23.1 Å². The number of amides is 1. The van der Waals surface area contributed by atoms with Crippen LogP contribution >= 0.6 is 11.3 Å². The van der Waals surface area contributed by atoms with Crippen LogP contribution in [-0.2, 0) is 4.79 Å². The quantitative estimate of drug-likeness (QED) is 0.877. The van der Waals surface area contributed by atoms with Gasteiger partial charge in [-0.25, -0.2) is 0 Å². The van der Waals surface area contributed by atoms with Gasteiger partial charge >= 0.3 is 6.18 Å². The summed E-state index contributed by atoms with van der Waals surface area (Å²) in [6.07, 6.45) is -2.98. The molecule has 1 aromatic heterocycles. The summed E-state index contributed by atoms with van der Waals surface area (Å²) in [6, 6.07) is 0. The van der Waals surface area contributed by atoms with Crippen molar-refractivity contribution in [2.24, 2.45) is 11.8 Å². The summed E-state index contributed by atoms with van der Waals surface area (Å²) in [6.45, 7) is 0. The molecule has 2 rings (SSSR count). The molecule has 0 radical (unpaired) electrons. The number of aromatic nitrogens is 2. The van der Waals surface area contributed by atoms with Gasteiger partial charge in [0.1, 0.15) is 0 Å². The predicted octanol–water partition coefficient (Wildman–Crippen LogP) is 2.43. The lowest BCUT2D eigenvalue weighted by Gasteiger charge is -2.31. The molecule has 5 nitrogen and oxygen atoms in total. The Morgan fingerprint density at radius 1 is 1.32 bits per heavy atom. The molecule has 0 bridgehead atoms. The number of alkyl halides is 3. The Balaban J connectivity index is 2.07. The maximum absolute atomic E-state index is 12.9. The van der Waals surface area contributed by atoms with Crippen LogP contribution in [0, 0.1) is 11.8 Å². The Morgan fingerprint density at radius 2 is 2.00 bits per heavy atom. The minimum atomic E-state index is -4.34. The zero-order valence-corrected chi connectivity index (χ0v) is 10.7. The highest BCUT2D eigenvalue weighted by atomic mass is 32.1. The van der Waals surface area contributed by atoms with E-state index in [1.165, 1.54) is 0 Å². The van der Waals surface area contributed by atoms with E-state index in [1.807, 2.05) is 0 Å². The largest absolute Gasteiger partial charge is 0.392 e. The van der Waals surface area contributed by atoms with E-state index in [0.717, 1.165) is 11.3 Å². The number of carbonyl (C=O) groups is 1. The van der Waals surface area contributed by atoms with Crippen molar-refractivity contribution in [3.05, 3.63) is 0 Å². The van der Waals surface area contributed by atoms with Gasteiger partial charge in [-0.1, -0.05) is 24.2 Å². The van der Waals surface area contributed by atoms with E-state index < -0.39 is 23.9 Å². The first kappa shape index (κ1) is 14.0. The number of hydrogen-bond donors (Lipinski definition) is 2. The molecule has 1 fully saturated rings. The first-order valence-electron chi connectivity index (χ1n) is 5.84. The van der Waals surface area contributed by atoms with E-state index in [4.69, 9.17) is 5.73 Å². The van der Waals surface area contributed by atoms with Crippen molar-refractivity contribution in [2.75, 3.05) is 11.1 Å². The number of nitrogens with zero attached hydrogens (tertiary/aromatic N) is 2. The fourth-order valence-electron chi connectivity index (χ4n) is 2.32. The van der Waals surface area contributed by atoms with Crippen molar-refractivity contribution < 1.29 is 18.0 Å². The molecule has 2 atom stereocenters. The van der Waals surface area contributed by atoms with Crippen LogP contribution in [0.1, 0.15) is 25.7 Å². The Hall–Kier alpha value is -1.38. The molecular formula is C10H13F3N4OS. The van der Waals surface area contributed by atoms with Crippen molar-refractivity contribution in [2.45, 2.75) is 31.9 Å². The van der Waals surface area contributed by atoms with Crippen LogP contribution in [-0.4, -0.2) is 22.3 Å². The number of halogens is 3. The van der Waals surface area contributed by atoms with Gasteiger partial charge in [-0.2, -0.15) is 13.2 Å². The molecule has 1 saturated carbocycles. The summed E-state index contributed by atoms with van der Waals surface area (Å²) in [5.41, 5.74) is 5.34. The van der Waals surface area contributed by atoms with Crippen molar-refractivity contribution in [3.63, 3.8) is 0 Å². The van der Waals surface area contributed by atoms with E-state index >= 15 is 0 Å². The second kappa shape index (κ2) is 5.32. The van der Waals surface area contributed by atoms with E-state index in [0.29, 0.717) is 12.8 Å². The molecule has 106 valence electrons. The number of nitrogens with two attached hydrogens (primary N) is 1. The number of rotatable bonds is 2. The van der Waals surface area contributed by atoms with Gasteiger partial charge in [-0.15, -0.1) is 10.2 Å². The number of carbonyl (C=O) groups excluding carboxylic acids is 1. The zero-order valence-electron chi connectivity index (χ0n) is 9.91. The maximum atomic E-state index is 12.9. The third kappa shape index (κ3) is 3.34. The molecule has 1 aliphatic carbocycles. The number of nitrogen functional groups attached to an aromatic ring is 1. The SMILES string of the molecule is Nc1nnc(NC(=O)C2CCCCC2C(F)(F)F)s1. The minimum Gasteiger partial charge on any atom is -0.374 e. The molecule has 0 saturated heterocycles. The highest BCUT2D eigenvalue weighted by molar-refractivity contribution is 7.18. The highest BCUT2D eigenvalue weighted by Gasteiger charge is 2.48. The molecule has 9 heteroatoms. The molecule has 19 heavy (non-hydrogen) atoms. The fraction of sp³-hybridized carbons (Fsp3) is 0.700. The van der Waals surface area contributed by atoms with Gasteiger partial charge < -0.3 is 11.1 Å². The summed E-state index contributed by atoms with van der Waals surface area (Å²) in [7, 11) is 0. The fourth-order valence-corrected chi connectivity index (χ4v) is 2.83. The van der Waals surface area contributed by atoms with Crippen molar-refractivity contribution >= 4 is 27.5 Å². The third-order valence-corrected chi connectivity index (χ3v) is 3.86. The van der Waals surface area contributed by atoms with Gasteiger partial charge in [-0.3, -0.25) is 4.79 Å². The lowest BCUT2D eigenvalue weighted by Crippen LogP contribution is -2.39. The van der Waals surface area contributed by atoms with Crippen LogP contribution in [0.15, 0.2) is 0 Å². The van der Waals surface area contributed by atoms with Gasteiger partial charge in [0, 0.05) is 5.92 Å². The Labute approximate surface area is 111 Å². The third-order valence-electron chi connectivity index (χ3n) is 3.19. The van der Waals surface area contributed by atoms with Crippen LogP contribution in [0.5, 0.6) is 0 Å². The van der Waals surface area contributed by atoms with Crippen molar-refractivity contribution in [3.8, 4) is 0 Å². The van der Waals surface area contributed by atoms with Crippen LogP contribution in [0.3, 0.4) is 0 Å². The van der Waals surface area contributed by atoms with Gasteiger partial charge in [0.15, 0.2) is 0 Å². The van der Waals surface area contributed by atoms with Crippen LogP contribution in [0.25, 0.3) is 0 Å². The molecule has 0 aliphatic heterocycles. The van der Waals surface area contributed by atoms with Gasteiger partial charge in [-0.05, 0) is 12.8 Å². The second-order valence-electron chi connectivity index (χ2n) is 4.47. The van der Waals surface area contributed by atoms with Gasteiger partial charge in [0.25, 0.3) is 0 Å². The van der Waals surface area contributed by atoms with Crippen LogP contribution < -0.4 is 11.1 Å². The maximum Gasteiger partial charge on any atom is 0.392 e. The van der Waals surface area contributed by atoms with E-state index in [9.17, 15) is 18.0 Å². The normalized spacial score (nSPS) is 24.2. The molecular weight excluding hydrogens is 281 g/mol. The average Bonchev–Trinajstić information content (AvgIpc) is 2.73. The summed E-state index contributed by atoms with van der Waals surface area (Å²) in [4.78, 5) is 11.9. The Bertz CT molecular complexity index is 462. The lowest BCUT2D eigenvalue weighted by atomic mass is 9.78. The summed E-state index contributed by atoms with van der Waals surface area (Å²) in [5, 5.41) is 9.71. The summed E-state index contributed by atoms with van der Waals surface area (Å²) < 4.78 is 38.6. The van der Waals surface area contributed by atoms with Gasteiger partial charge in [0.2, 0.25) is 16.2 Å². The van der Waals surface area contributed by atoms with E-state index in [1.54, 1.807) is 0 Å². The number of anilines is 2. The Kier molecular flexibility index (Phi) is 3.93. The first-order valence-corrected chi connectivity index (χ1v) is 6.66. The van der Waals surface area contributed by atoms with E-state index in [2.05, 4.69) is 15.5 Å². The number of nitrogens with one attached hydrogen (secondary N) is 1. The minimum absolute atomic E-state index is 0.000154. The molecule has 1 aliphatic rings. The van der Waals surface area contributed by atoms with Crippen molar-refractivity contribution in [1.82, 2.24) is 10.2 Å². The molecule has 2 unspecified atom stereocenters. The summed E-state index contributed by atoms with van der Waals surface area (Å²) >= 11 is 0.931. The monoisotopic (exact) mass is 294 g/mol. The molecule has 1 heterocycles. The predicted molar refractivity (Wildman–Crippen MR) is 64.5 cm³/mol. The summed E-state index contributed by atoms with van der Waals surface area (Å²) in [5.74, 6) is -3.29. The van der Waals surface area contributed by atoms with Crippen LogP contribution in [0.4, 0.5) is 23.4 Å². The molecule has 1 aromatic rings. The first-order chi connectivity index (χ1) is 8.88. The topological polar surface area (TPSA) is 80.9 Å². The smallest absolute Gasteiger partial charge is 0.374 e. The standard InChI is InChI=1S/C10H13F3N4OS/c11-10(12,13)6-4-2-1-3-5(6)7(18)15-9-17-16-8(14)19-9/h5-6H,1-4H2,(H2,14,16)(H,15,17,18). The molecule has 3 N–H and O–H groups in total. The second-order valence-corrected chi connectivity index (χ2v) is 5.48. The highest BCUT2D eigenvalue weighted by Crippen LogP contribution is 2.41. The number of hydrogen-bond acceptors (Lipinski definition) is 5. The Morgan fingerprint density at radius 3 is 2.58 bits per heavy atom. The molecule has 1 amide bonds. The lowest BCUT2D eigenvalue weighted by molar-refractivity contribution is -0.197. The molecule has 0 aromatic carbocycles. The van der Waals surface area contributed by atoms with Crippen LogP contribution in [0.2, 0.25) is 0 Å².